The van der Waals surface area contributed by atoms with E-state index in [1.54, 1.807) is 30.3 Å². The average Bonchev–Trinajstić information content (AvgIpc) is 3.23. The third kappa shape index (κ3) is 23.5. The number of hydrogen-bond donors (Lipinski definition) is 13. The van der Waals surface area contributed by atoms with Crippen molar-refractivity contribution in [3.63, 3.8) is 0 Å². The van der Waals surface area contributed by atoms with Gasteiger partial charge in [-0.25, -0.2) is 4.79 Å². The van der Waals surface area contributed by atoms with Crippen LogP contribution in [0.1, 0.15) is 70.3 Å². The maximum absolute atomic E-state index is 13.6. The van der Waals surface area contributed by atoms with Crippen LogP contribution in [-0.2, 0) is 44.8 Å². The highest BCUT2D eigenvalue weighted by atomic mass is 32.2. The first-order valence-corrected chi connectivity index (χ1v) is 21.9. The van der Waals surface area contributed by atoms with Crippen molar-refractivity contribution in [1.82, 2.24) is 37.2 Å². The molecule has 348 valence electrons. The van der Waals surface area contributed by atoms with Gasteiger partial charge in [0.1, 0.15) is 30.2 Å². The lowest BCUT2D eigenvalue weighted by molar-refractivity contribution is -0.142. The van der Waals surface area contributed by atoms with E-state index in [1.165, 1.54) is 18.7 Å². The van der Waals surface area contributed by atoms with Gasteiger partial charge in [0.2, 0.25) is 41.4 Å². The normalized spacial score (nSPS) is 13.7. The Hall–Kier alpha value is -5.52. The zero-order valence-corrected chi connectivity index (χ0v) is 36.4. The molecule has 23 heteroatoms. The summed E-state index contributed by atoms with van der Waals surface area (Å²) in [5.41, 5.74) is 28.6. The highest BCUT2D eigenvalue weighted by molar-refractivity contribution is 7.98. The Labute approximate surface area is 366 Å². The number of nitrogens with one attached hydrogen (secondary N) is 7. The molecule has 0 aliphatic carbocycles. The molecule has 6 atom stereocenters. The number of carboxylic acid groups (broad SMARTS) is 1. The quantitative estimate of drug-likeness (QED) is 0.0189. The van der Waals surface area contributed by atoms with Crippen LogP contribution < -0.4 is 65.9 Å². The van der Waals surface area contributed by atoms with Crippen LogP contribution >= 0.6 is 11.8 Å². The molecule has 0 aliphatic heterocycles. The summed E-state index contributed by atoms with van der Waals surface area (Å²) in [7, 11) is 0. The fourth-order valence-electron chi connectivity index (χ4n) is 5.73. The molecule has 1 aromatic carbocycles. The molecule has 18 N–H and O–H groups in total. The van der Waals surface area contributed by atoms with E-state index in [0.717, 1.165) is 5.56 Å². The lowest BCUT2D eigenvalue weighted by Crippen LogP contribution is -2.57. The number of benzene rings is 1. The minimum Gasteiger partial charge on any atom is -0.480 e. The smallest absolute Gasteiger partial charge is 0.326 e. The van der Waals surface area contributed by atoms with Gasteiger partial charge in [-0.1, -0.05) is 30.3 Å². The Balaban J connectivity index is 2.87. The van der Waals surface area contributed by atoms with E-state index in [4.69, 9.17) is 28.7 Å². The number of rotatable bonds is 32. The van der Waals surface area contributed by atoms with Crippen LogP contribution in [0.4, 0.5) is 0 Å². The number of hydrogen-bond acceptors (Lipinski definition) is 13. The van der Waals surface area contributed by atoms with Crippen molar-refractivity contribution >= 4 is 65.0 Å². The minimum atomic E-state index is -1.30. The molecular formula is C39H67N13O9S. The molecule has 7 amide bonds. The number of unbranched alkanes of at least 4 members (excludes halogenated alkanes) is 2. The van der Waals surface area contributed by atoms with Crippen LogP contribution in [0.15, 0.2) is 35.3 Å². The largest absolute Gasteiger partial charge is 0.480 e. The molecule has 1 rings (SSSR count). The number of carbonyl (C=O) groups excluding carboxylic acids is 7. The summed E-state index contributed by atoms with van der Waals surface area (Å²) in [6, 6.07) is 2.26. The number of nitrogens with two attached hydrogens (primary N) is 5. The lowest BCUT2D eigenvalue weighted by atomic mass is 10.0. The molecular weight excluding hydrogens is 827 g/mol. The number of guanidine groups is 1. The second-order valence-electron chi connectivity index (χ2n) is 14.5. The van der Waals surface area contributed by atoms with E-state index in [-0.39, 0.29) is 44.6 Å². The van der Waals surface area contributed by atoms with Gasteiger partial charge >= 0.3 is 5.97 Å². The van der Waals surface area contributed by atoms with E-state index in [1.807, 2.05) is 6.26 Å². The van der Waals surface area contributed by atoms with Crippen molar-refractivity contribution in [2.75, 3.05) is 44.7 Å². The number of nitrogens with zero attached hydrogens (tertiary/aromatic N) is 1. The number of amides is 7. The van der Waals surface area contributed by atoms with Crippen LogP contribution in [0, 0.1) is 0 Å². The van der Waals surface area contributed by atoms with Crippen LogP contribution in [-0.4, -0.2) is 139 Å². The minimum absolute atomic E-state index is 0.00813. The van der Waals surface area contributed by atoms with Crippen molar-refractivity contribution < 1.29 is 43.5 Å². The van der Waals surface area contributed by atoms with Gasteiger partial charge in [-0.2, -0.15) is 11.8 Å². The van der Waals surface area contributed by atoms with Gasteiger partial charge in [0.05, 0.1) is 19.1 Å². The van der Waals surface area contributed by atoms with Crippen LogP contribution in [0.2, 0.25) is 0 Å². The van der Waals surface area contributed by atoms with Crippen molar-refractivity contribution in [2.24, 2.45) is 33.7 Å². The summed E-state index contributed by atoms with van der Waals surface area (Å²) >= 11 is 1.53. The van der Waals surface area contributed by atoms with Crippen LogP contribution in [0.3, 0.4) is 0 Å². The molecule has 0 aliphatic rings. The third-order valence-electron chi connectivity index (χ3n) is 9.25. The standard InChI is InChI=1S/C39H67N13O9S/c1-24(48-32(54)23-46-31(53)22-47-35(57)30(21-25-11-4-3-5-12-25)52-34(56)26(42)16-20-62-2)33(55)49-27(13-6-8-17-40)36(58)50-28(14-7-9-18-41)37(59)51-29(38(60)61)15-10-19-45-39(43)44/h3-5,11-12,24,26-30H,6-10,13-23,40-42H2,1-2H3,(H,46,53)(H,47,57)(H,48,54)(H,49,55)(H,50,58)(H,51,59)(H,52,56)(H,60,61)(H4,43,44,45)/t24-,26-,27-,28-,29-,30-/m0/s1. The van der Waals surface area contributed by atoms with Gasteiger partial charge in [-0.15, -0.1) is 0 Å². The van der Waals surface area contributed by atoms with Crippen molar-refractivity contribution in [3.05, 3.63) is 35.9 Å². The van der Waals surface area contributed by atoms with Gasteiger partial charge in [0, 0.05) is 13.0 Å². The maximum Gasteiger partial charge on any atom is 0.326 e. The first kappa shape index (κ1) is 54.5. The molecule has 0 radical (unpaired) electrons. The van der Waals surface area contributed by atoms with E-state index in [9.17, 15) is 43.5 Å². The molecule has 0 spiro atoms. The summed E-state index contributed by atoms with van der Waals surface area (Å²) in [5, 5.41) is 27.3. The van der Waals surface area contributed by atoms with Gasteiger partial charge in [0.25, 0.3) is 0 Å². The Kier molecular flexibility index (Phi) is 27.6. The monoisotopic (exact) mass is 893 g/mol. The SMILES string of the molecule is CSCC[C@H](N)C(=O)N[C@@H](Cc1ccccc1)C(=O)NCC(=O)NCC(=O)N[C@@H](C)C(=O)N[C@@H](CCCCN)C(=O)N[C@@H](CCCCN)C(=O)N[C@@H](CCCN=C(N)N)C(=O)O. The van der Waals surface area contributed by atoms with E-state index >= 15 is 0 Å². The molecule has 0 aromatic heterocycles. The van der Waals surface area contributed by atoms with Crippen LogP contribution in [0.5, 0.6) is 0 Å². The average molecular weight is 894 g/mol. The number of carbonyl (C=O) groups is 8. The molecule has 0 bridgehead atoms. The fraction of sp³-hybridized carbons (Fsp3) is 0.615. The number of thioether (sulfide) groups is 1. The van der Waals surface area contributed by atoms with Gasteiger partial charge in [-0.05, 0) is 95.4 Å². The summed E-state index contributed by atoms with van der Waals surface area (Å²) in [4.78, 5) is 107. The van der Waals surface area contributed by atoms with Crippen LogP contribution in [0.25, 0.3) is 0 Å². The highest BCUT2D eigenvalue weighted by Crippen LogP contribution is 2.09. The van der Waals surface area contributed by atoms with Crippen molar-refractivity contribution in [1.29, 1.82) is 0 Å². The van der Waals surface area contributed by atoms with E-state index in [2.05, 4.69) is 42.2 Å². The molecule has 0 unspecified atom stereocenters. The molecule has 1 aromatic rings. The van der Waals surface area contributed by atoms with Crippen molar-refractivity contribution in [3.8, 4) is 0 Å². The molecule has 62 heavy (non-hydrogen) atoms. The molecule has 22 nitrogen and oxygen atoms in total. The topological polar surface area (TPSA) is 383 Å². The molecule has 0 heterocycles. The second kappa shape index (κ2) is 31.3. The Morgan fingerprint density at radius 1 is 0.645 bits per heavy atom. The van der Waals surface area contributed by atoms with Crippen molar-refractivity contribution in [2.45, 2.75) is 107 Å². The van der Waals surface area contributed by atoms with E-state index < -0.39 is 96.7 Å². The van der Waals surface area contributed by atoms with E-state index in [0.29, 0.717) is 50.9 Å². The lowest BCUT2D eigenvalue weighted by Gasteiger charge is -2.25. The van der Waals surface area contributed by atoms with Gasteiger partial charge < -0.3 is 71.0 Å². The van der Waals surface area contributed by atoms with Gasteiger partial charge in [0.15, 0.2) is 5.96 Å². The number of aliphatic carboxylic acids is 1. The first-order valence-electron chi connectivity index (χ1n) is 20.5. The number of aliphatic imine (C=N–C) groups is 1. The second-order valence-corrected chi connectivity index (χ2v) is 15.4. The summed E-state index contributed by atoms with van der Waals surface area (Å²) in [5.74, 6) is -5.66. The summed E-state index contributed by atoms with van der Waals surface area (Å²) < 4.78 is 0. The summed E-state index contributed by atoms with van der Waals surface area (Å²) in [6.45, 7) is 1.05. The summed E-state index contributed by atoms with van der Waals surface area (Å²) in [6.07, 6.45) is 4.81. The third-order valence-corrected chi connectivity index (χ3v) is 9.89. The predicted octanol–water partition coefficient (Wildman–Crippen LogP) is -3.62. The first-order chi connectivity index (χ1) is 29.5. The maximum atomic E-state index is 13.6. The zero-order chi connectivity index (χ0) is 46.5. The Morgan fingerprint density at radius 2 is 1.18 bits per heavy atom. The Bertz CT molecular complexity index is 1620. The molecule has 0 fully saturated rings. The molecule has 0 saturated carbocycles. The fourth-order valence-corrected chi connectivity index (χ4v) is 6.22. The highest BCUT2D eigenvalue weighted by Gasteiger charge is 2.30. The Morgan fingerprint density at radius 3 is 1.73 bits per heavy atom. The number of carboxylic acids is 1. The molecule has 0 saturated heterocycles. The van der Waals surface area contributed by atoms with Gasteiger partial charge in [-0.3, -0.25) is 38.6 Å². The zero-order valence-electron chi connectivity index (χ0n) is 35.6. The predicted molar refractivity (Wildman–Crippen MR) is 236 cm³/mol.